The van der Waals surface area contributed by atoms with Crippen LogP contribution in [0.3, 0.4) is 0 Å². The van der Waals surface area contributed by atoms with Gasteiger partial charge < -0.3 is 9.47 Å². The molecule has 0 aromatic carbocycles. The molecule has 0 aromatic rings. The lowest BCUT2D eigenvalue weighted by atomic mass is 10.2. The minimum Gasteiger partial charge on any atom is -0.377 e. The van der Waals surface area contributed by atoms with Gasteiger partial charge >= 0.3 is 0 Å². The van der Waals surface area contributed by atoms with Gasteiger partial charge in [-0.15, -0.1) is 0 Å². The van der Waals surface area contributed by atoms with Gasteiger partial charge in [0.05, 0.1) is 18.2 Å². The van der Waals surface area contributed by atoms with Gasteiger partial charge in [0.15, 0.2) is 0 Å². The van der Waals surface area contributed by atoms with Crippen molar-refractivity contribution < 1.29 is 14.3 Å². The second-order valence-electron chi connectivity index (χ2n) is 4.38. The number of ketones is 1. The summed E-state index contributed by atoms with van der Waals surface area (Å²) in [6.45, 7) is 1.65. The van der Waals surface area contributed by atoms with Gasteiger partial charge in [-0.1, -0.05) is 0 Å². The van der Waals surface area contributed by atoms with Gasteiger partial charge in [-0.05, 0) is 12.8 Å². The maximum absolute atomic E-state index is 11.6. The summed E-state index contributed by atoms with van der Waals surface area (Å²) in [4.78, 5) is 13.8. The maximum Gasteiger partial charge on any atom is 0.149 e. The van der Waals surface area contributed by atoms with Crippen LogP contribution >= 0.6 is 0 Å². The third-order valence-corrected chi connectivity index (χ3v) is 3.56. The first-order chi connectivity index (χ1) is 7.26. The van der Waals surface area contributed by atoms with Crippen molar-refractivity contribution >= 4 is 5.78 Å². The minimum atomic E-state index is 0.114. The number of Topliss-reactive ketones (excluding diaryl/α,β-unsaturated/α-hetero) is 1. The molecule has 1 aliphatic heterocycles. The molecule has 1 saturated carbocycles. The normalized spacial score (nSPS) is 37.7. The second-order valence-corrected chi connectivity index (χ2v) is 4.38. The van der Waals surface area contributed by atoms with Crippen LogP contribution in [0.15, 0.2) is 0 Å². The number of likely N-dealkylation sites (tertiary alicyclic amines) is 1. The molecule has 4 heteroatoms. The number of rotatable bonds is 3. The topological polar surface area (TPSA) is 38.8 Å². The SMILES string of the molecule is COC1CN(C2CCCC2=O)CC1OC. The first-order valence-electron chi connectivity index (χ1n) is 5.58. The second kappa shape index (κ2) is 4.60. The van der Waals surface area contributed by atoms with Gasteiger partial charge in [0, 0.05) is 33.7 Å². The number of carbonyl (C=O) groups excluding carboxylic acids is 1. The average molecular weight is 213 g/mol. The molecule has 1 heterocycles. The molecule has 3 unspecified atom stereocenters. The van der Waals surface area contributed by atoms with E-state index in [-0.39, 0.29) is 18.2 Å². The van der Waals surface area contributed by atoms with E-state index in [0.717, 1.165) is 32.4 Å². The van der Waals surface area contributed by atoms with E-state index in [2.05, 4.69) is 4.90 Å². The molecule has 2 rings (SSSR count). The van der Waals surface area contributed by atoms with E-state index < -0.39 is 0 Å². The molecule has 0 radical (unpaired) electrons. The predicted octanol–water partition coefficient (Wildman–Crippen LogP) is 0.454. The van der Waals surface area contributed by atoms with E-state index >= 15 is 0 Å². The molecular formula is C11H19NO3. The third-order valence-electron chi connectivity index (χ3n) is 3.56. The Morgan fingerprint density at radius 3 is 2.20 bits per heavy atom. The summed E-state index contributed by atoms with van der Waals surface area (Å²) in [7, 11) is 3.41. The standard InChI is InChI=1S/C11H19NO3/c1-14-10-6-12(7-11(10)15-2)8-4-3-5-9(8)13/h8,10-11H,3-7H2,1-2H3. The number of hydrogen-bond donors (Lipinski definition) is 0. The quantitative estimate of drug-likeness (QED) is 0.682. The van der Waals surface area contributed by atoms with Crippen LogP contribution in [0.1, 0.15) is 19.3 Å². The summed E-state index contributed by atoms with van der Waals surface area (Å²) in [6, 6.07) is 0.128. The molecule has 0 bridgehead atoms. The molecular weight excluding hydrogens is 194 g/mol. The fourth-order valence-corrected chi connectivity index (χ4v) is 2.66. The Hall–Kier alpha value is -0.450. The summed E-state index contributed by atoms with van der Waals surface area (Å²) in [5.74, 6) is 0.390. The molecule has 0 aromatic heterocycles. The van der Waals surface area contributed by atoms with E-state index in [1.807, 2.05) is 0 Å². The van der Waals surface area contributed by atoms with Gasteiger partial charge in [-0.25, -0.2) is 0 Å². The predicted molar refractivity (Wildman–Crippen MR) is 55.8 cm³/mol. The summed E-state index contributed by atoms with van der Waals surface area (Å²) >= 11 is 0. The van der Waals surface area contributed by atoms with Gasteiger partial charge in [-0.2, -0.15) is 0 Å². The molecule has 1 saturated heterocycles. The van der Waals surface area contributed by atoms with E-state index in [0.29, 0.717) is 5.78 Å². The molecule has 0 amide bonds. The largest absolute Gasteiger partial charge is 0.377 e. The first-order valence-corrected chi connectivity index (χ1v) is 5.58. The van der Waals surface area contributed by atoms with Crippen molar-refractivity contribution in [3.8, 4) is 0 Å². The van der Waals surface area contributed by atoms with Gasteiger partial charge in [0.2, 0.25) is 0 Å². The Balaban J connectivity index is 1.98. The first kappa shape index (κ1) is 11.0. The van der Waals surface area contributed by atoms with Gasteiger partial charge in [0.25, 0.3) is 0 Å². The van der Waals surface area contributed by atoms with Crippen LogP contribution in [0.2, 0.25) is 0 Å². The molecule has 2 aliphatic rings. The molecule has 0 spiro atoms. The minimum absolute atomic E-state index is 0.114. The zero-order valence-electron chi connectivity index (χ0n) is 9.44. The highest BCUT2D eigenvalue weighted by Gasteiger charge is 2.40. The lowest BCUT2D eigenvalue weighted by Crippen LogP contribution is -2.37. The molecule has 3 atom stereocenters. The van der Waals surface area contributed by atoms with E-state index in [1.165, 1.54) is 0 Å². The summed E-state index contributed by atoms with van der Waals surface area (Å²) in [6.07, 6.45) is 3.02. The average Bonchev–Trinajstić information content (AvgIpc) is 2.82. The van der Waals surface area contributed by atoms with Gasteiger partial charge in [-0.3, -0.25) is 9.69 Å². The number of carbonyl (C=O) groups is 1. The number of hydrogen-bond acceptors (Lipinski definition) is 4. The van der Waals surface area contributed by atoms with Crippen molar-refractivity contribution in [3.63, 3.8) is 0 Å². The maximum atomic E-state index is 11.6. The van der Waals surface area contributed by atoms with Crippen LogP contribution in [0.4, 0.5) is 0 Å². The summed E-state index contributed by atoms with van der Waals surface area (Å²) in [5.41, 5.74) is 0. The fourth-order valence-electron chi connectivity index (χ4n) is 2.66. The Morgan fingerprint density at radius 2 is 1.80 bits per heavy atom. The Bertz CT molecular complexity index is 232. The van der Waals surface area contributed by atoms with Crippen LogP contribution in [0.25, 0.3) is 0 Å². The van der Waals surface area contributed by atoms with Crippen LogP contribution in [-0.4, -0.2) is 56.2 Å². The number of ether oxygens (including phenoxy) is 2. The summed E-state index contributed by atoms with van der Waals surface area (Å²) in [5, 5.41) is 0. The van der Waals surface area contributed by atoms with Gasteiger partial charge in [0.1, 0.15) is 5.78 Å². The van der Waals surface area contributed by atoms with Crippen LogP contribution < -0.4 is 0 Å². The molecule has 0 N–H and O–H groups in total. The van der Waals surface area contributed by atoms with Crippen LogP contribution in [0, 0.1) is 0 Å². The zero-order valence-corrected chi connectivity index (χ0v) is 9.44. The molecule has 86 valence electrons. The van der Waals surface area contributed by atoms with Crippen molar-refractivity contribution in [2.75, 3.05) is 27.3 Å². The monoisotopic (exact) mass is 213 g/mol. The smallest absolute Gasteiger partial charge is 0.149 e. The van der Waals surface area contributed by atoms with Crippen LogP contribution in [-0.2, 0) is 14.3 Å². The Kier molecular flexibility index (Phi) is 3.38. The third kappa shape index (κ3) is 2.07. The molecule has 4 nitrogen and oxygen atoms in total. The zero-order chi connectivity index (χ0) is 10.8. The van der Waals surface area contributed by atoms with Crippen molar-refractivity contribution in [1.29, 1.82) is 0 Å². The molecule has 2 fully saturated rings. The summed E-state index contributed by atoms with van der Waals surface area (Å²) < 4.78 is 10.7. The molecule has 15 heavy (non-hydrogen) atoms. The van der Waals surface area contributed by atoms with Crippen LogP contribution in [0.5, 0.6) is 0 Å². The highest BCUT2D eigenvalue weighted by Crippen LogP contribution is 2.25. The highest BCUT2D eigenvalue weighted by molar-refractivity contribution is 5.85. The molecule has 1 aliphatic carbocycles. The van der Waals surface area contributed by atoms with Crippen molar-refractivity contribution in [3.05, 3.63) is 0 Å². The van der Waals surface area contributed by atoms with E-state index in [4.69, 9.17) is 9.47 Å². The number of methoxy groups -OCH3 is 2. The van der Waals surface area contributed by atoms with Crippen molar-refractivity contribution in [2.24, 2.45) is 0 Å². The van der Waals surface area contributed by atoms with Crippen molar-refractivity contribution in [2.45, 2.75) is 37.5 Å². The fraction of sp³-hybridized carbons (Fsp3) is 0.909. The van der Waals surface area contributed by atoms with E-state index in [1.54, 1.807) is 14.2 Å². The Morgan fingerprint density at radius 1 is 1.20 bits per heavy atom. The lowest BCUT2D eigenvalue weighted by Gasteiger charge is -2.21. The lowest BCUT2D eigenvalue weighted by molar-refractivity contribution is -0.121. The highest BCUT2D eigenvalue weighted by atomic mass is 16.5. The Labute approximate surface area is 90.5 Å². The number of nitrogens with zero attached hydrogens (tertiary/aromatic N) is 1. The van der Waals surface area contributed by atoms with Crippen molar-refractivity contribution in [1.82, 2.24) is 4.90 Å². The van der Waals surface area contributed by atoms with E-state index in [9.17, 15) is 4.79 Å².